The topological polar surface area (TPSA) is 57.7 Å². The van der Waals surface area contributed by atoms with Gasteiger partial charge in [-0.05, 0) is 60.8 Å². The Morgan fingerprint density at radius 2 is 1.70 bits per heavy atom. The highest BCUT2D eigenvalue weighted by Gasteiger charge is 2.23. The molecule has 3 heterocycles. The Hall–Kier alpha value is -3.31. The fourth-order valence-corrected chi connectivity index (χ4v) is 4.09. The second kappa shape index (κ2) is 8.59. The van der Waals surface area contributed by atoms with Crippen LogP contribution < -0.4 is 0 Å². The third-order valence-corrected chi connectivity index (χ3v) is 5.75. The van der Waals surface area contributed by atoms with Crippen LogP contribution in [-0.4, -0.2) is 38.2 Å². The van der Waals surface area contributed by atoms with Crippen LogP contribution in [0.25, 0.3) is 22.5 Å². The van der Waals surface area contributed by atoms with Gasteiger partial charge in [0.2, 0.25) is 0 Å². The third kappa shape index (κ3) is 4.16. The van der Waals surface area contributed by atoms with Gasteiger partial charge in [0.15, 0.2) is 5.82 Å². The maximum Gasteiger partial charge on any atom is 0.181 e. The number of hydrogen-bond donors (Lipinski definition) is 1. The van der Waals surface area contributed by atoms with Crippen molar-refractivity contribution in [3.63, 3.8) is 0 Å². The van der Waals surface area contributed by atoms with Crippen molar-refractivity contribution in [2.45, 2.75) is 25.3 Å². The van der Waals surface area contributed by atoms with Crippen LogP contribution in [0.4, 0.5) is 0 Å². The van der Waals surface area contributed by atoms with Gasteiger partial charge in [0.1, 0.15) is 5.82 Å². The monoisotopic (exact) mass is 394 g/mol. The van der Waals surface area contributed by atoms with E-state index >= 15 is 0 Å². The van der Waals surface area contributed by atoms with Crippen molar-refractivity contribution in [2.24, 2.45) is 0 Å². The zero-order valence-corrected chi connectivity index (χ0v) is 16.8. The van der Waals surface area contributed by atoms with Crippen LogP contribution in [0.15, 0.2) is 73.1 Å². The number of piperidine rings is 1. The number of nitrogens with zero attached hydrogens (tertiary/aromatic N) is 4. The highest BCUT2D eigenvalue weighted by Crippen LogP contribution is 2.28. The summed E-state index contributed by atoms with van der Waals surface area (Å²) in [5.41, 5.74) is 4.62. The second-order valence-corrected chi connectivity index (χ2v) is 7.79. The minimum Gasteiger partial charge on any atom is -0.299 e. The minimum absolute atomic E-state index is 0.434. The van der Waals surface area contributed by atoms with E-state index in [0.717, 1.165) is 55.3 Å². The first kappa shape index (κ1) is 18.7. The largest absolute Gasteiger partial charge is 0.299 e. The quantitative estimate of drug-likeness (QED) is 0.532. The highest BCUT2D eigenvalue weighted by molar-refractivity contribution is 5.63. The molecule has 0 bridgehead atoms. The number of aromatic amines is 1. The van der Waals surface area contributed by atoms with Crippen molar-refractivity contribution in [2.75, 3.05) is 13.1 Å². The van der Waals surface area contributed by atoms with Gasteiger partial charge in [0.05, 0.1) is 0 Å². The number of nitrogens with one attached hydrogen (secondary N) is 1. The molecule has 4 aromatic rings. The van der Waals surface area contributed by atoms with E-state index in [9.17, 15) is 0 Å². The van der Waals surface area contributed by atoms with Crippen molar-refractivity contribution in [3.05, 3.63) is 90.5 Å². The lowest BCUT2D eigenvalue weighted by molar-refractivity contribution is 0.202. The minimum atomic E-state index is 0.434. The highest BCUT2D eigenvalue weighted by atomic mass is 15.2. The van der Waals surface area contributed by atoms with Gasteiger partial charge in [-0.2, -0.15) is 5.10 Å². The average Bonchev–Trinajstić information content (AvgIpc) is 3.31. The number of hydrogen-bond acceptors (Lipinski definition) is 4. The van der Waals surface area contributed by atoms with Crippen molar-refractivity contribution >= 4 is 0 Å². The second-order valence-electron chi connectivity index (χ2n) is 7.79. The summed E-state index contributed by atoms with van der Waals surface area (Å²) in [5, 5.41) is 7.56. The number of pyridine rings is 1. The summed E-state index contributed by atoms with van der Waals surface area (Å²) >= 11 is 0. The van der Waals surface area contributed by atoms with Crippen LogP contribution in [0.3, 0.4) is 0 Å². The molecule has 0 unspecified atom stereocenters. The fourth-order valence-electron chi connectivity index (χ4n) is 4.09. The lowest BCUT2D eigenvalue weighted by atomic mass is 9.95. The molecule has 1 radical (unpaired) electrons. The molecule has 1 aliphatic rings. The summed E-state index contributed by atoms with van der Waals surface area (Å²) in [4.78, 5) is 11.3. The molecular weight excluding hydrogens is 370 g/mol. The number of aromatic nitrogens is 4. The van der Waals surface area contributed by atoms with E-state index in [1.54, 1.807) is 12.4 Å². The Balaban J connectivity index is 1.20. The number of likely N-dealkylation sites (tertiary alicyclic amines) is 1. The summed E-state index contributed by atoms with van der Waals surface area (Å²) in [6, 6.07) is 24.4. The molecule has 0 aliphatic carbocycles. The standard InChI is InChI=1S/C25H24N5/c1-2-6-20(7-3-1)23-8-4-5-19(17-23)18-30-15-11-22(12-16-30)25-27-24(28-29-25)21-9-13-26-14-10-21/h1-10,13-14,22H,11-12,15-16,18H2,(H,27,28,29). The van der Waals surface area contributed by atoms with Crippen LogP contribution in [-0.2, 0) is 6.54 Å². The van der Waals surface area contributed by atoms with Gasteiger partial charge >= 0.3 is 0 Å². The van der Waals surface area contributed by atoms with Crippen LogP contribution in [0.2, 0.25) is 0 Å². The molecule has 0 atom stereocenters. The first-order chi connectivity index (χ1) is 14.8. The Labute approximate surface area is 176 Å². The van der Waals surface area contributed by atoms with Crippen molar-refractivity contribution in [3.8, 4) is 22.5 Å². The zero-order valence-electron chi connectivity index (χ0n) is 16.8. The van der Waals surface area contributed by atoms with E-state index in [1.165, 1.54) is 11.1 Å². The molecule has 5 rings (SSSR count). The van der Waals surface area contributed by atoms with Crippen molar-refractivity contribution < 1.29 is 0 Å². The van der Waals surface area contributed by atoms with E-state index in [0.29, 0.717) is 5.92 Å². The molecule has 1 fully saturated rings. The molecule has 5 heteroatoms. The number of H-pyrrole nitrogens is 1. The summed E-state index contributed by atoms with van der Waals surface area (Å²) in [6.07, 6.45) is 5.72. The molecule has 1 N–H and O–H groups in total. The maximum atomic E-state index is 4.74. The first-order valence-corrected chi connectivity index (χ1v) is 10.5. The molecule has 30 heavy (non-hydrogen) atoms. The Kier molecular flexibility index (Phi) is 5.36. The van der Waals surface area contributed by atoms with E-state index < -0.39 is 0 Å². The van der Waals surface area contributed by atoms with E-state index in [1.807, 2.05) is 18.2 Å². The molecule has 1 saturated heterocycles. The SMILES string of the molecule is [c]1c(CN2CCC(c3nc(-c4ccncc4)n[nH]3)CC2)cccc1-c1ccccc1. The van der Waals surface area contributed by atoms with Gasteiger partial charge in [0, 0.05) is 30.4 Å². The molecule has 2 aromatic carbocycles. The van der Waals surface area contributed by atoms with Crippen LogP contribution in [0.5, 0.6) is 0 Å². The number of benzene rings is 2. The maximum absolute atomic E-state index is 4.74. The zero-order chi connectivity index (χ0) is 20.2. The Morgan fingerprint density at radius 3 is 2.50 bits per heavy atom. The smallest absolute Gasteiger partial charge is 0.181 e. The molecule has 1 aliphatic heterocycles. The van der Waals surface area contributed by atoms with E-state index in [-0.39, 0.29) is 0 Å². The summed E-state index contributed by atoms with van der Waals surface area (Å²) in [7, 11) is 0. The average molecular weight is 395 g/mol. The van der Waals surface area contributed by atoms with Crippen LogP contribution in [0.1, 0.15) is 30.1 Å². The molecule has 149 valence electrons. The van der Waals surface area contributed by atoms with Crippen LogP contribution in [0, 0.1) is 6.07 Å². The normalized spacial score (nSPS) is 15.3. The predicted molar refractivity (Wildman–Crippen MR) is 118 cm³/mol. The van der Waals surface area contributed by atoms with Gasteiger partial charge in [-0.3, -0.25) is 15.0 Å². The Bertz CT molecular complexity index is 1080. The number of rotatable bonds is 5. The molecule has 0 spiro atoms. The van der Waals surface area contributed by atoms with Gasteiger partial charge < -0.3 is 0 Å². The Morgan fingerprint density at radius 1 is 0.900 bits per heavy atom. The van der Waals surface area contributed by atoms with Crippen molar-refractivity contribution in [1.29, 1.82) is 0 Å². The molecular formula is C25H24N5. The van der Waals surface area contributed by atoms with Gasteiger partial charge in [-0.15, -0.1) is 0 Å². The van der Waals surface area contributed by atoms with Gasteiger partial charge in [-0.25, -0.2) is 4.98 Å². The molecule has 5 nitrogen and oxygen atoms in total. The van der Waals surface area contributed by atoms with E-state index in [2.05, 4.69) is 68.6 Å². The van der Waals surface area contributed by atoms with Gasteiger partial charge in [0.25, 0.3) is 0 Å². The third-order valence-electron chi connectivity index (χ3n) is 5.75. The molecule has 2 aromatic heterocycles. The summed E-state index contributed by atoms with van der Waals surface area (Å²) < 4.78 is 0. The molecule has 0 saturated carbocycles. The van der Waals surface area contributed by atoms with Gasteiger partial charge in [-0.1, -0.05) is 48.5 Å². The fraction of sp³-hybridized carbons (Fsp3) is 0.240. The summed E-state index contributed by atoms with van der Waals surface area (Å²) in [5.74, 6) is 2.19. The van der Waals surface area contributed by atoms with Crippen LogP contribution >= 0.6 is 0 Å². The lowest BCUT2D eigenvalue weighted by Crippen LogP contribution is -2.32. The molecule has 0 amide bonds. The van der Waals surface area contributed by atoms with E-state index in [4.69, 9.17) is 4.98 Å². The summed E-state index contributed by atoms with van der Waals surface area (Å²) in [6.45, 7) is 3.05. The van der Waals surface area contributed by atoms with Crippen molar-refractivity contribution in [1.82, 2.24) is 25.1 Å². The lowest BCUT2D eigenvalue weighted by Gasteiger charge is -2.30. The first-order valence-electron chi connectivity index (χ1n) is 10.5. The predicted octanol–water partition coefficient (Wildman–Crippen LogP) is 4.71.